The van der Waals surface area contributed by atoms with Crippen LogP contribution in [0, 0.1) is 12.8 Å². The summed E-state index contributed by atoms with van der Waals surface area (Å²) in [6.45, 7) is 2.91. The number of aryl methyl sites for hydroxylation is 2. The van der Waals surface area contributed by atoms with Gasteiger partial charge in [-0.2, -0.15) is 0 Å². The molecule has 4 aromatic heterocycles. The van der Waals surface area contributed by atoms with E-state index >= 15 is 0 Å². The first-order valence-electron chi connectivity index (χ1n) is 15.1. The van der Waals surface area contributed by atoms with Gasteiger partial charge in [0.15, 0.2) is 5.82 Å². The van der Waals surface area contributed by atoms with Gasteiger partial charge >= 0.3 is 0 Å². The molecule has 1 aliphatic carbocycles. The number of halogens is 1. The Morgan fingerprint density at radius 1 is 1.11 bits per heavy atom. The first-order chi connectivity index (χ1) is 21.6. The summed E-state index contributed by atoms with van der Waals surface area (Å²) >= 11 is 0. The second-order valence-electron chi connectivity index (χ2n) is 12.3. The van der Waals surface area contributed by atoms with Crippen molar-refractivity contribution in [2.75, 3.05) is 20.2 Å². The van der Waals surface area contributed by atoms with E-state index < -0.39 is 18.1 Å². The van der Waals surface area contributed by atoms with Crippen molar-refractivity contribution in [1.82, 2.24) is 29.0 Å². The number of rotatable bonds is 7. The minimum atomic E-state index is -1.15. The van der Waals surface area contributed by atoms with Gasteiger partial charge in [-0.25, -0.2) is 14.4 Å². The number of likely N-dealkylation sites (tertiary alicyclic amines) is 1. The summed E-state index contributed by atoms with van der Waals surface area (Å²) in [5.74, 6) is 0.897. The van der Waals surface area contributed by atoms with Crippen LogP contribution in [0.25, 0.3) is 44.8 Å². The lowest BCUT2D eigenvalue weighted by Crippen LogP contribution is -2.50. The summed E-state index contributed by atoms with van der Waals surface area (Å²) in [4.78, 5) is 41.0. The second kappa shape index (κ2) is 11.0. The zero-order valence-electron chi connectivity index (χ0n) is 25.5. The average Bonchev–Trinajstić information content (AvgIpc) is 3.68. The molecule has 0 spiro atoms. The monoisotopic (exact) mass is 610 g/mol. The number of imidazole rings is 1. The molecule has 11 nitrogen and oxygen atoms in total. The highest BCUT2D eigenvalue weighted by atomic mass is 19.1. The first-order valence-corrected chi connectivity index (χ1v) is 15.1. The number of aromatic nitrogens is 5. The standard InChI is InChI=1S/C33H35FN8O3/c1-17-8-21(13-37-28(17)30(36)43)24-7-6-19-10-26(42(31(19)38-24)14-18-4-5-18)32-39-25-9-20(11-27(45-3)29(25)40(32)2)33(44)41-15-22(34)12-23(35)16-41/h6-11,13,18,22-23H,4-5,12,14-16,35H2,1-3H3,(H2,36,43)/t22-,23-/m1/s1. The summed E-state index contributed by atoms with van der Waals surface area (Å²) < 4.78 is 24.2. The molecule has 1 saturated heterocycles. The van der Waals surface area contributed by atoms with Crippen molar-refractivity contribution in [2.45, 2.75) is 44.9 Å². The molecule has 2 aliphatic rings. The molecule has 0 radical (unpaired) electrons. The molecule has 1 saturated carbocycles. The van der Waals surface area contributed by atoms with Crippen LogP contribution >= 0.6 is 0 Å². The fourth-order valence-electron chi connectivity index (χ4n) is 6.43. The maximum atomic E-state index is 14.3. The molecular weight excluding hydrogens is 575 g/mol. The minimum Gasteiger partial charge on any atom is -0.494 e. The van der Waals surface area contributed by atoms with Crippen LogP contribution in [0.5, 0.6) is 5.75 Å². The molecule has 12 heteroatoms. The van der Waals surface area contributed by atoms with Gasteiger partial charge in [-0.3, -0.25) is 14.6 Å². The molecule has 5 heterocycles. The van der Waals surface area contributed by atoms with Gasteiger partial charge in [0, 0.05) is 48.9 Å². The van der Waals surface area contributed by atoms with Crippen LogP contribution in [0.15, 0.2) is 42.6 Å². The van der Waals surface area contributed by atoms with E-state index in [1.54, 1.807) is 32.4 Å². The van der Waals surface area contributed by atoms with Crippen molar-refractivity contribution in [2.24, 2.45) is 24.4 Å². The molecular formula is C33H35FN8O3. The van der Waals surface area contributed by atoms with Crippen molar-refractivity contribution < 1.29 is 18.7 Å². The zero-order chi connectivity index (χ0) is 31.6. The van der Waals surface area contributed by atoms with Crippen LogP contribution in [-0.2, 0) is 13.6 Å². The Bertz CT molecular complexity index is 1990. The van der Waals surface area contributed by atoms with Crippen molar-refractivity contribution in [1.29, 1.82) is 0 Å². The Morgan fingerprint density at radius 2 is 1.91 bits per heavy atom. The fourth-order valence-corrected chi connectivity index (χ4v) is 6.43. The molecule has 0 unspecified atom stereocenters. The summed E-state index contributed by atoms with van der Waals surface area (Å²) in [7, 11) is 3.49. The van der Waals surface area contributed by atoms with Gasteiger partial charge in [0.1, 0.15) is 28.8 Å². The van der Waals surface area contributed by atoms with Crippen LogP contribution in [-0.4, -0.2) is 73.2 Å². The van der Waals surface area contributed by atoms with Crippen molar-refractivity contribution >= 4 is 33.9 Å². The van der Waals surface area contributed by atoms with Crippen molar-refractivity contribution in [3.8, 4) is 28.5 Å². The van der Waals surface area contributed by atoms with Gasteiger partial charge in [0.05, 0.1) is 30.6 Å². The van der Waals surface area contributed by atoms with Gasteiger partial charge < -0.3 is 30.2 Å². The number of alkyl halides is 1. The van der Waals surface area contributed by atoms with E-state index in [1.165, 1.54) is 4.90 Å². The number of benzene rings is 1. The molecule has 2 atom stereocenters. The highest BCUT2D eigenvalue weighted by Gasteiger charge is 2.30. The summed E-state index contributed by atoms with van der Waals surface area (Å²) in [6.07, 6.45) is 3.02. The van der Waals surface area contributed by atoms with Gasteiger partial charge in [-0.1, -0.05) is 0 Å². The van der Waals surface area contributed by atoms with E-state index in [9.17, 15) is 14.0 Å². The normalized spacial score (nSPS) is 18.6. The predicted molar refractivity (Wildman–Crippen MR) is 169 cm³/mol. The number of pyridine rings is 2. The zero-order valence-corrected chi connectivity index (χ0v) is 25.5. The molecule has 5 aromatic rings. The lowest BCUT2D eigenvalue weighted by molar-refractivity contribution is 0.0606. The number of hydrogen-bond acceptors (Lipinski definition) is 7. The Labute approximate surface area is 259 Å². The first kappa shape index (κ1) is 28.9. The number of hydrogen-bond donors (Lipinski definition) is 2. The number of fused-ring (bicyclic) bond motifs is 2. The minimum absolute atomic E-state index is 0.0154. The van der Waals surface area contributed by atoms with Crippen LogP contribution in [0.1, 0.15) is 45.7 Å². The topological polar surface area (TPSA) is 147 Å². The van der Waals surface area contributed by atoms with Crippen LogP contribution < -0.4 is 16.2 Å². The van der Waals surface area contributed by atoms with Crippen LogP contribution in [0.4, 0.5) is 4.39 Å². The SMILES string of the molecule is COc1cc(C(=O)N2C[C@H](N)C[C@@H](F)C2)cc2nc(-c3cc4ccc(-c5cnc(C(N)=O)c(C)c5)nc4n3CC3CC3)n(C)c12. The van der Waals surface area contributed by atoms with Gasteiger partial charge in [-0.15, -0.1) is 0 Å². The molecule has 2 fully saturated rings. The largest absolute Gasteiger partial charge is 0.494 e. The number of nitrogens with zero attached hydrogens (tertiary/aromatic N) is 6. The van der Waals surface area contributed by atoms with E-state index in [0.717, 1.165) is 52.9 Å². The molecule has 45 heavy (non-hydrogen) atoms. The average molecular weight is 611 g/mol. The molecule has 0 bridgehead atoms. The lowest BCUT2D eigenvalue weighted by atomic mass is 10.0. The van der Waals surface area contributed by atoms with E-state index in [1.807, 2.05) is 29.8 Å². The third-order valence-electron chi connectivity index (χ3n) is 8.84. The maximum absolute atomic E-state index is 14.3. The number of primary amides is 1. The Morgan fingerprint density at radius 3 is 2.60 bits per heavy atom. The third-order valence-corrected chi connectivity index (χ3v) is 8.84. The molecule has 2 amide bonds. The molecule has 4 N–H and O–H groups in total. The smallest absolute Gasteiger partial charge is 0.267 e. The molecule has 1 aromatic carbocycles. The Kier molecular flexibility index (Phi) is 7.03. The molecule has 232 valence electrons. The number of carbonyl (C=O) groups is 2. The van der Waals surface area contributed by atoms with E-state index in [4.69, 9.17) is 26.2 Å². The van der Waals surface area contributed by atoms with Crippen LogP contribution in [0.2, 0.25) is 0 Å². The van der Waals surface area contributed by atoms with Gasteiger partial charge in [0.25, 0.3) is 11.8 Å². The highest BCUT2D eigenvalue weighted by Crippen LogP contribution is 2.38. The number of carbonyl (C=O) groups excluding carboxylic acids is 2. The van der Waals surface area contributed by atoms with E-state index in [2.05, 4.69) is 15.6 Å². The second-order valence-corrected chi connectivity index (χ2v) is 12.3. The van der Waals surface area contributed by atoms with Crippen molar-refractivity contribution in [3.05, 3.63) is 59.4 Å². The third kappa shape index (κ3) is 5.18. The summed E-state index contributed by atoms with van der Waals surface area (Å²) in [5.41, 5.74) is 17.4. The quantitative estimate of drug-likeness (QED) is 0.283. The Hall–Kier alpha value is -4.84. The Balaban J connectivity index is 1.33. The fraction of sp³-hybridized carbons (Fsp3) is 0.364. The number of nitrogens with two attached hydrogens (primary N) is 2. The molecule has 7 rings (SSSR count). The maximum Gasteiger partial charge on any atom is 0.267 e. The van der Waals surface area contributed by atoms with E-state index in [0.29, 0.717) is 40.7 Å². The lowest BCUT2D eigenvalue weighted by Gasteiger charge is -2.33. The highest BCUT2D eigenvalue weighted by molar-refractivity contribution is 6.00. The number of ether oxygens (including phenoxy) is 1. The van der Waals surface area contributed by atoms with Crippen molar-refractivity contribution in [3.63, 3.8) is 0 Å². The van der Waals surface area contributed by atoms with E-state index in [-0.39, 0.29) is 24.6 Å². The predicted octanol–water partition coefficient (Wildman–Crippen LogP) is 3.99. The molecule has 1 aliphatic heterocycles. The van der Waals surface area contributed by atoms with Gasteiger partial charge in [-0.05, 0) is 74.1 Å². The number of amides is 2. The summed E-state index contributed by atoms with van der Waals surface area (Å²) in [6, 6.07) is 11.0. The van der Waals surface area contributed by atoms with Crippen LogP contribution in [0.3, 0.4) is 0 Å². The van der Waals surface area contributed by atoms with Gasteiger partial charge in [0.2, 0.25) is 0 Å². The number of piperidine rings is 1. The summed E-state index contributed by atoms with van der Waals surface area (Å²) in [5, 5.41) is 0.963. The number of methoxy groups -OCH3 is 1.